The van der Waals surface area contributed by atoms with Crippen molar-refractivity contribution in [2.24, 2.45) is 0 Å². The van der Waals surface area contributed by atoms with Crippen LogP contribution in [0.15, 0.2) is 101 Å². The fraction of sp³-hybridized carbons (Fsp3) is 0.138. The molecule has 0 aliphatic heterocycles. The van der Waals surface area contributed by atoms with E-state index in [2.05, 4.69) is 0 Å². The maximum Gasteiger partial charge on any atom is 0.266 e. The van der Waals surface area contributed by atoms with Crippen molar-refractivity contribution in [3.8, 4) is 11.4 Å². The van der Waals surface area contributed by atoms with Crippen LogP contribution in [0.3, 0.4) is 0 Å². The first kappa shape index (κ1) is 23.6. The summed E-state index contributed by atoms with van der Waals surface area (Å²) >= 11 is 1.26. The second-order valence-corrected chi connectivity index (χ2v) is 9.12. The number of carbonyl (C=O) groups is 1. The Morgan fingerprint density at radius 3 is 2.47 bits per heavy atom. The fourth-order valence-electron chi connectivity index (χ4n) is 4.32. The largest absolute Gasteiger partial charge is 0.497 e. The fourth-order valence-corrected chi connectivity index (χ4v) is 5.20. The molecule has 1 heterocycles. The van der Waals surface area contributed by atoms with Gasteiger partial charge < -0.3 is 9.64 Å². The van der Waals surface area contributed by atoms with Gasteiger partial charge in [0.05, 0.1) is 35.1 Å². The third-order valence-electron chi connectivity index (χ3n) is 6.06. The number of benzene rings is 4. The molecule has 0 bridgehead atoms. The van der Waals surface area contributed by atoms with Gasteiger partial charge in [0.1, 0.15) is 5.75 Å². The summed E-state index contributed by atoms with van der Waals surface area (Å²) in [5.74, 6) is 0.706. The van der Waals surface area contributed by atoms with Gasteiger partial charge >= 0.3 is 0 Å². The van der Waals surface area contributed by atoms with Crippen molar-refractivity contribution in [2.45, 2.75) is 12.1 Å². The van der Waals surface area contributed by atoms with E-state index in [-0.39, 0.29) is 17.2 Å². The van der Waals surface area contributed by atoms with Crippen molar-refractivity contribution in [2.75, 3.05) is 24.3 Å². The van der Waals surface area contributed by atoms with Crippen LogP contribution in [0, 0.1) is 0 Å². The van der Waals surface area contributed by atoms with Crippen LogP contribution in [0.25, 0.3) is 27.4 Å². The van der Waals surface area contributed by atoms with E-state index in [0.717, 1.165) is 16.5 Å². The maximum absolute atomic E-state index is 13.5. The minimum atomic E-state index is -0.190. The lowest BCUT2D eigenvalue weighted by molar-refractivity contribution is -0.116. The average Bonchev–Trinajstić information content (AvgIpc) is 2.92. The molecule has 180 valence electrons. The number of hydrogen-bond acceptors (Lipinski definition) is 5. The molecule has 5 rings (SSSR count). The highest BCUT2D eigenvalue weighted by molar-refractivity contribution is 7.99. The smallest absolute Gasteiger partial charge is 0.266 e. The topological polar surface area (TPSA) is 64.4 Å². The second kappa shape index (κ2) is 10.3. The lowest BCUT2D eigenvalue weighted by Gasteiger charge is -2.23. The Morgan fingerprint density at radius 1 is 0.944 bits per heavy atom. The number of rotatable bonds is 7. The molecular weight excluding hydrogens is 470 g/mol. The van der Waals surface area contributed by atoms with E-state index in [9.17, 15) is 9.59 Å². The van der Waals surface area contributed by atoms with Gasteiger partial charge in [-0.1, -0.05) is 66.4 Å². The highest BCUT2D eigenvalue weighted by Gasteiger charge is 2.19. The van der Waals surface area contributed by atoms with E-state index in [0.29, 0.717) is 34.0 Å². The van der Waals surface area contributed by atoms with Crippen molar-refractivity contribution in [3.05, 3.63) is 101 Å². The van der Waals surface area contributed by atoms with Gasteiger partial charge in [-0.05, 0) is 42.6 Å². The number of aromatic nitrogens is 2. The molecule has 0 aliphatic rings. The van der Waals surface area contributed by atoms with Crippen LogP contribution in [0.1, 0.15) is 6.92 Å². The van der Waals surface area contributed by atoms with Gasteiger partial charge in [0.15, 0.2) is 5.16 Å². The first-order chi connectivity index (χ1) is 17.6. The standard InChI is InChI=1S/C29H25N3O3S/c1-3-31(26-17-8-11-20-10-4-5-14-23(20)26)27(33)19-36-29-30-25-16-7-6-15-24(25)28(34)32(29)21-12-9-13-22(18-21)35-2/h4-18H,3,19H2,1-2H3. The molecule has 0 spiro atoms. The molecule has 0 radical (unpaired) electrons. The molecule has 0 aliphatic carbocycles. The molecule has 1 aromatic heterocycles. The van der Waals surface area contributed by atoms with Gasteiger partial charge in [-0.25, -0.2) is 4.98 Å². The van der Waals surface area contributed by atoms with Gasteiger partial charge in [-0.3, -0.25) is 14.2 Å². The number of carbonyl (C=O) groups excluding carboxylic acids is 1. The lowest BCUT2D eigenvalue weighted by Crippen LogP contribution is -2.32. The molecule has 7 heteroatoms. The van der Waals surface area contributed by atoms with E-state index >= 15 is 0 Å². The highest BCUT2D eigenvalue weighted by Crippen LogP contribution is 2.29. The number of ether oxygens (including phenoxy) is 1. The van der Waals surface area contributed by atoms with Crippen molar-refractivity contribution in [1.29, 1.82) is 0 Å². The lowest BCUT2D eigenvalue weighted by atomic mass is 10.1. The van der Waals surface area contributed by atoms with Crippen molar-refractivity contribution >= 4 is 45.0 Å². The Kier molecular flexibility index (Phi) is 6.73. The van der Waals surface area contributed by atoms with Gasteiger partial charge in [0.25, 0.3) is 5.56 Å². The van der Waals surface area contributed by atoms with Crippen molar-refractivity contribution in [3.63, 3.8) is 0 Å². The van der Waals surface area contributed by atoms with E-state index < -0.39 is 0 Å². The van der Waals surface area contributed by atoms with Gasteiger partial charge in [0, 0.05) is 18.0 Å². The minimum absolute atomic E-state index is 0.0570. The Morgan fingerprint density at radius 2 is 1.67 bits per heavy atom. The molecule has 0 saturated carbocycles. The van der Waals surface area contributed by atoms with Crippen LogP contribution in [0.4, 0.5) is 5.69 Å². The van der Waals surface area contributed by atoms with E-state index in [4.69, 9.17) is 9.72 Å². The Bertz CT molecular complexity index is 1620. The first-order valence-corrected chi connectivity index (χ1v) is 12.7. The number of thioether (sulfide) groups is 1. The molecule has 0 saturated heterocycles. The number of nitrogens with zero attached hydrogens (tertiary/aromatic N) is 3. The van der Waals surface area contributed by atoms with Crippen LogP contribution in [0.5, 0.6) is 5.75 Å². The quantitative estimate of drug-likeness (QED) is 0.214. The van der Waals surface area contributed by atoms with E-state index in [1.54, 1.807) is 28.7 Å². The number of methoxy groups -OCH3 is 1. The van der Waals surface area contributed by atoms with Crippen LogP contribution >= 0.6 is 11.8 Å². The summed E-state index contributed by atoms with van der Waals surface area (Å²) in [5.41, 5.74) is 1.91. The van der Waals surface area contributed by atoms with Crippen LogP contribution in [-0.4, -0.2) is 34.9 Å². The molecule has 0 atom stereocenters. The zero-order chi connectivity index (χ0) is 25.1. The maximum atomic E-state index is 13.5. The Labute approximate surface area is 213 Å². The van der Waals surface area contributed by atoms with Crippen molar-refractivity contribution in [1.82, 2.24) is 9.55 Å². The van der Waals surface area contributed by atoms with Crippen molar-refractivity contribution < 1.29 is 9.53 Å². The third-order valence-corrected chi connectivity index (χ3v) is 6.98. The average molecular weight is 496 g/mol. The molecule has 6 nitrogen and oxygen atoms in total. The molecule has 0 unspecified atom stereocenters. The molecule has 1 amide bonds. The molecule has 4 aromatic carbocycles. The zero-order valence-electron chi connectivity index (χ0n) is 20.0. The third kappa shape index (κ3) is 4.45. The number of para-hydroxylation sites is 1. The monoisotopic (exact) mass is 495 g/mol. The number of amides is 1. The summed E-state index contributed by atoms with van der Waals surface area (Å²) in [6.45, 7) is 2.49. The second-order valence-electron chi connectivity index (χ2n) is 8.18. The number of anilines is 1. The SMILES string of the molecule is CCN(C(=O)CSc1nc2ccccc2c(=O)n1-c1cccc(OC)c1)c1cccc2ccccc12. The van der Waals surface area contributed by atoms with E-state index in [1.807, 2.05) is 85.8 Å². The van der Waals surface area contributed by atoms with Crippen LogP contribution in [-0.2, 0) is 4.79 Å². The van der Waals surface area contributed by atoms with Crippen LogP contribution < -0.4 is 15.2 Å². The Hall–Kier alpha value is -4.10. The molecule has 5 aromatic rings. The van der Waals surface area contributed by atoms with Crippen LogP contribution in [0.2, 0.25) is 0 Å². The highest BCUT2D eigenvalue weighted by atomic mass is 32.2. The number of fused-ring (bicyclic) bond motifs is 2. The summed E-state index contributed by atoms with van der Waals surface area (Å²) in [6.07, 6.45) is 0. The van der Waals surface area contributed by atoms with Gasteiger partial charge in [-0.2, -0.15) is 0 Å². The molecule has 0 fully saturated rings. The summed E-state index contributed by atoms with van der Waals surface area (Å²) in [5, 5.41) is 3.07. The first-order valence-electron chi connectivity index (χ1n) is 11.7. The summed E-state index contributed by atoms with van der Waals surface area (Å²) in [4.78, 5) is 33.5. The van der Waals surface area contributed by atoms with Gasteiger partial charge in [-0.15, -0.1) is 0 Å². The molecule has 36 heavy (non-hydrogen) atoms. The Balaban J connectivity index is 1.52. The summed E-state index contributed by atoms with van der Waals surface area (Å²) in [6, 6.07) is 28.5. The summed E-state index contributed by atoms with van der Waals surface area (Å²) < 4.78 is 6.92. The summed E-state index contributed by atoms with van der Waals surface area (Å²) in [7, 11) is 1.58. The minimum Gasteiger partial charge on any atom is -0.497 e. The predicted molar refractivity (Wildman–Crippen MR) is 147 cm³/mol. The molecular formula is C29H25N3O3S. The van der Waals surface area contributed by atoms with Gasteiger partial charge in [0.2, 0.25) is 5.91 Å². The number of hydrogen-bond donors (Lipinski definition) is 0. The zero-order valence-corrected chi connectivity index (χ0v) is 20.9. The predicted octanol–water partition coefficient (Wildman–Crippen LogP) is 5.69. The van der Waals surface area contributed by atoms with E-state index in [1.165, 1.54) is 11.8 Å². The molecule has 0 N–H and O–H groups in total. The normalized spacial score (nSPS) is 11.1.